The molecule has 106 valence electrons. The molecule has 0 aliphatic heterocycles. The first-order valence-electron chi connectivity index (χ1n) is 7.08. The maximum atomic E-state index is 12.1. The zero-order valence-electron chi connectivity index (χ0n) is 11.3. The van der Waals surface area contributed by atoms with E-state index in [9.17, 15) is 9.59 Å². The summed E-state index contributed by atoms with van der Waals surface area (Å²) in [6.07, 6.45) is 7.56. The van der Waals surface area contributed by atoms with Crippen LogP contribution in [0.25, 0.3) is 0 Å². The third-order valence-electron chi connectivity index (χ3n) is 4.63. The summed E-state index contributed by atoms with van der Waals surface area (Å²) in [5, 5.41) is 11.9. The number of carbonyl (C=O) groups excluding carboxylic acids is 1. The normalized spacial score (nSPS) is 20.0. The fourth-order valence-electron chi connectivity index (χ4n) is 3.09. The van der Waals surface area contributed by atoms with Crippen molar-refractivity contribution in [3.05, 3.63) is 29.6 Å². The SMILES string of the molecule is O=C(O)c1ccnc(C(=O)NCC2(C3CC3)CCC2)c1. The summed E-state index contributed by atoms with van der Waals surface area (Å²) in [5.41, 5.74) is 0.570. The van der Waals surface area contributed by atoms with Gasteiger partial charge in [0.1, 0.15) is 5.69 Å². The molecule has 0 aromatic carbocycles. The van der Waals surface area contributed by atoms with E-state index in [0.29, 0.717) is 12.0 Å². The molecule has 0 bridgehead atoms. The number of rotatable bonds is 5. The lowest BCUT2D eigenvalue weighted by molar-refractivity contribution is 0.0696. The number of pyridine rings is 1. The molecule has 0 saturated heterocycles. The Kier molecular flexibility index (Phi) is 3.20. The summed E-state index contributed by atoms with van der Waals surface area (Å²) in [5.74, 6) is -0.551. The molecule has 3 rings (SSSR count). The van der Waals surface area contributed by atoms with Crippen LogP contribution in [0.1, 0.15) is 53.0 Å². The van der Waals surface area contributed by atoms with Crippen LogP contribution >= 0.6 is 0 Å². The monoisotopic (exact) mass is 274 g/mol. The Balaban J connectivity index is 1.64. The summed E-state index contributed by atoms with van der Waals surface area (Å²) in [4.78, 5) is 26.9. The third-order valence-corrected chi connectivity index (χ3v) is 4.63. The van der Waals surface area contributed by atoms with Crippen molar-refractivity contribution in [3.8, 4) is 0 Å². The molecular formula is C15H18N2O3. The number of carboxylic acids is 1. The predicted octanol–water partition coefficient (Wildman–Crippen LogP) is 2.09. The van der Waals surface area contributed by atoms with Crippen molar-refractivity contribution in [2.45, 2.75) is 32.1 Å². The molecule has 20 heavy (non-hydrogen) atoms. The van der Waals surface area contributed by atoms with E-state index in [-0.39, 0.29) is 17.2 Å². The van der Waals surface area contributed by atoms with Gasteiger partial charge in [0.25, 0.3) is 5.91 Å². The molecule has 1 heterocycles. The lowest BCUT2D eigenvalue weighted by atomic mass is 9.65. The molecule has 0 radical (unpaired) electrons. The van der Waals surface area contributed by atoms with Crippen molar-refractivity contribution in [2.24, 2.45) is 11.3 Å². The summed E-state index contributed by atoms with van der Waals surface area (Å²) < 4.78 is 0. The van der Waals surface area contributed by atoms with Crippen LogP contribution in [0.15, 0.2) is 18.3 Å². The number of carboxylic acid groups (broad SMARTS) is 1. The standard InChI is InChI=1S/C15H18N2O3/c18-13(12-8-10(14(19)20)4-7-16-12)17-9-15(5-1-6-15)11-2-3-11/h4,7-8,11H,1-3,5-6,9H2,(H,17,18)(H,19,20). The average Bonchev–Trinajstić information content (AvgIpc) is 3.22. The molecule has 1 aromatic rings. The Labute approximate surface area is 117 Å². The zero-order chi connectivity index (χ0) is 14.2. The number of aromatic nitrogens is 1. The number of nitrogens with one attached hydrogen (secondary N) is 1. The molecule has 2 saturated carbocycles. The van der Waals surface area contributed by atoms with E-state index in [0.717, 1.165) is 5.92 Å². The molecule has 0 atom stereocenters. The summed E-state index contributed by atoms with van der Waals surface area (Å²) in [6.45, 7) is 0.690. The van der Waals surface area contributed by atoms with E-state index in [1.54, 1.807) is 0 Å². The largest absolute Gasteiger partial charge is 0.478 e. The Morgan fingerprint density at radius 1 is 1.40 bits per heavy atom. The highest BCUT2D eigenvalue weighted by Crippen LogP contribution is 2.56. The molecule has 5 heteroatoms. The molecule has 5 nitrogen and oxygen atoms in total. The van der Waals surface area contributed by atoms with Gasteiger partial charge in [0.15, 0.2) is 0 Å². The van der Waals surface area contributed by atoms with Gasteiger partial charge in [0, 0.05) is 12.7 Å². The van der Waals surface area contributed by atoms with E-state index < -0.39 is 5.97 Å². The minimum absolute atomic E-state index is 0.0886. The van der Waals surface area contributed by atoms with E-state index in [2.05, 4.69) is 10.3 Å². The molecule has 2 aliphatic carbocycles. The molecular weight excluding hydrogens is 256 g/mol. The van der Waals surface area contributed by atoms with Gasteiger partial charge in [0.05, 0.1) is 5.56 Å². The lowest BCUT2D eigenvalue weighted by Crippen LogP contribution is -2.43. The van der Waals surface area contributed by atoms with Gasteiger partial charge in [0.2, 0.25) is 0 Å². The Hall–Kier alpha value is -1.91. The maximum absolute atomic E-state index is 12.1. The number of hydrogen-bond donors (Lipinski definition) is 2. The van der Waals surface area contributed by atoms with Crippen LogP contribution < -0.4 is 5.32 Å². The summed E-state index contributed by atoms with van der Waals surface area (Å²) >= 11 is 0. The minimum Gasteiger partial charge on any atom is -0.478 e. The van der Waals surface area contributed by atoms with Gasteiger partial charge in [-0.05, 0) is 49.1 Å². The number of nitrogens with zero attached hydrogens (tertiary/aromatic N) is 1. The number of carbonyl (C=O) groups is 2. The quantitative estimate of drug-likeness (QED) is 0.861. The first-order chi connectivity index (χ1) is 9.61. The van der Waals surface area contributed by atoms with Crippen molar-refractivity contribution in [1.82, 2.24) is 10.3 Å². The van der Waals surface area contributed by atoms with E-state index in [1.165, 1.54) is 50.4 Å². The van der Waals surface area contributed by atoms with E-state index >= 15 is 0 Å². The minimum atomic E-state index is -1.05. The van der Waals surface area contributed by atoms with Gasteiger partial charge in [-0.1, -0.05) is 6.42 Å². The first kappa shape index (κ1) is 13.1. The molecule has 2 aliphatic rings. The van der Waals surface area contributed by atoms with Gasteiger partial charge >= 0.3 is 5.97 Å². The van der Waals surface area contributed by atoms with Crippen LogP contribution in [-0.2, 0) is 0 Å². The van der Waals surface area contributed by atoms with Gasteiger partial charge < -0.3 is 10.4 Å². The number of hydrogen-bond acceptors (Lipinski definition) is 3. The highest BCUT2D eigenvalue weighted by molar-refractivity contribution is 5.95. The zero-order valence-corrected chi connectivity index (χ0v) is 11.3. The lowest BCUT2D eigenvalue weighted by Gasteiger charge is -2.42. The van der Waals surface area contributed by atoms with Gasteiger partial charge in [-0.2, -0.15) is 0 Å². The van der Waals surface area contributed by atoms with Crippen molar-refractivity contribution < 1.29 is 14.7 Å². The number of amides is 1. The smallest absolute Gasteiger partial charge is 0.335 e. The van der Waals surface area contributed by atoms with Gasteiger partial charge in [-0.15, -0.1) is 0 Å². The van der Waals surface area contributed by atoms with E-state index in [4.69, 9.17) is 5.11 Å². The van der Waals surface area contributed by atoms with Crippen LogP contribution in [-0.4, -0.2) is 28.5 Å². The molecule has 1 aromatic heterocycles. The number of aromatic carboxylic acids is 1. The molecule has 0 spiro atoms. The highest BCUT2D eigenvalue weighted by Gasteiger charge is 2.48. The molecule has 0 unspecified atom stereocenters. The van der Waals surface area contributed by atoms with Crippen LogP contribution in [0.5, 0.6) is 0 Å². The molecule has 2 fully saturated rings. The fourth-order valence-corrected chi connectivity index (χ4v) is 3.09. The highest BCUT2D eigenvalue weighted by atomic mass is 16.4. The van der Waals surface area contributed by atoms with Gasteiger partial charge in [-0.3, -0.25) is 9.78 Å². The van der Waals surface area contributed by atoms with Crippen molar-refractivity contribution >= 4 is 11.9 Å². The van der Waals surface area contributed by atoms with Crippen LogP contribution in [0.2, 0.25) is 0 Å². The van der Waals surface area contributed by atoms with E-state index in [1.807, 2.05) is 0 Å². The first-order valence-corrected chi connectivity index (χ1v) is 7.08. The summed E-state index contributed by atoms with van der Waals surface area (Å²) in [6, 6.07) is 2.71. The third kappa shape index (κ3) is 2.40. The average molecular weight is 274 g/mol. The second kappa shape index (κ2) is 4.89. The molecule has 1 amide bonds. The van der Waals surface area contributed by atoms with Crippen LogP contribution in [0, 0.1) is 11.3 Å². The van der Waals surface area contributed by atoms with Crippen molar-refractivity contribution in [3.63, 3.8) is 0 Å². The Morgan fingerprint density at radius 3 is 2.70 bits per heavy atom. The second-order valence-electron chi connectivity index (χ2n) is 5.91. The van der Waals surface area contributed by atoms with Crippen LogP contribution in [0.4, 0.5) is 0 Å². The Bertz CT molecular complexity index is 548. The van der Waals surface area contributed by atoms with Crippen molar-refractivity contribution in [2.75, 3.05) is 6.54 Å². The summed E-state index contributed by atoms with van der Waals surface area (Å²) in [7, 11) is 0. The van der Waals surface area contributed by atoms with Crippen LogP contribution in [0.3, 0.4) is 0 Å². The van der Waals surface area contributed by atoms with Crippen molar-refractivity contribution in [1.29, 1.82) is 0 Å². The van der Waals surface area contributed by atoms with Gasteiger partial charge in [-0.25, -0.2) is 4.79 Å². The fraction of sp³-hybridized carbons (Fsp3) is 0.533. The Morgan fingerprint density at radius 2 is 2.15 bits per heavy atom. The maximum Gasteiger partial charge on any atom is 0.335 e. The predicted molar refractivity (Wildman–Crippen MR) is 72.5 cm³/mol. The topological polar surface area (TPSA) is 79.3 Å². The molecule has 2 N–H and O–H groups in total. The second-order valence-corrected chi connectivity index (χ2v) is 5.91.